The van der Waals surface area contributed by atoms with Gasteiger partial charge in [0.2, 0.25) is 0 Å². The number of furan rings is 2. The normalized spacial score (nSPS) is 23.6. The summed E-state index contributed by atoms with van der Waals surface area (Å²) in [5.41, 5.74) is 12.1. The van der Waals surface area contributed by atoms with Crippen LogP contribution in [-0.2, 0) is 5.41 Å². The van der Waals surface area contributed by atoms with Gasteiger partial charge in [-0.1, -0.05) is 84.9 Å². The molecule has 258 valence electrons. The van der Waals surface area contributed by atoms with E-state index in [1.165, 1.54) is 48.8 Å². The molecule has 0 atom stereocenters. The van der Waals surface area contributed by atoms with E-state index in [-0.39, 0.29) is 5.41 Å². The molecule has 14 rings (SSSR count). The molecule has 5 heteroatoms. The Balaban J connectivity index is 1.00. The van der Waals surface area contributed by atoms with Crippen molar-refractivity contribution < 1.29 is 8.83 Å². The molecule has 0 saturated heterocycles. The van der Waals surface area contributed by atoms with Gasteiger partial charge in [0.1, 0.15) is 22.3 Å². The topological polar surface area (TPSA) is 65.0 Å². The van der Waals surface area contributed by atoms with E-state index in [0.29, 0.717) is 17.5 Å². The average molecular weight is 698 g/mol. The number of fused-ring (bicyclic) bond motifs is 9. The van der Waals surface area contributed by atoms with Crippen LogP contribution in [-0.4, -0.2) is 15.0 Å². The lowest BCUT2D eigenvalue weighted by atomic mass is 9.43. The van der Waals surface area contributed by atoms with Gasteiger partial charge in [-0.3, -0.25) is 0 Å². The molecule has 6 aromatic carbocycles. The predicted molar refractivity (Wildman–Crippen MR) is 214 cm³/mol. The largest absolute Gasteiger partial charge is 0.456 e. The molecule has 3 aromatic heterocycles. The zero-order chi connectivity index (χ0) is 35.1. The van der Waals surface area contributed by atoms with Gasteiger partial charge in [-0.25, -0.2) is 15.0 Å². The lowest BCUT2D eigenvalue weighted by molar-refractivity contribution is -0.0399. The second kappa shape index (κ2) is 10.5. The minimum Gasteiger partial charge on any atom is -0.456 e. The number of hydrogen-bond acceptors (Lipinski definition) is 5. The molecule has 5 aliphatic rings. The summed E-state index contributed by atoms with van der Waals surface area (Å²) >= 11 is 0. The Hall–Kier alpha value is -6.07. The minimum absolute atomic E-state index is 0.122. The van der Waals surface area contributed by atoms with Gasteiger partial charge in [0.25, 0.3) is 0 Å². The fourth-order valence-electron chi connectivity index (χ4n) is 11.8. The standard InChI is InChI=1S/C49H35N3O2/c1-4-10-40-34(7-1)39-24-29(15-18-41(39)49(40)32-20-27-19-28(22-32)23-33(49)21-27)46-50-47(30-13-16-37-35-8-2-5-11-42(35)53-44(37)25-30)52-48(51-46)31-14-17-38-36-9-3-6-12-43(36)54-45(38)26-31/h1-18,24-28,32-33H,19-23H2. The Kier molecular flexibility index (Phi) is 5.74. The molecule has 4 fully saturated rings. The molecule has 0 radical (unpaired) electrons. The Morgan fingerprint density at radius 1 is 0.407 bits per heavy atom. The molecule has 0 amide bonds. The molecule has 4 bridgehead atoms. The molecule has 5 nitrogen and oxygen atoms in total. The van der Waals surface area contributed by atoms with Crippen LogP contribution in [0.1, 0.15) is 43.2 Å². The van der Waals surface area contributed by atoms with Gasteiger partial charge in [-0.2, -0.15) is 0 Å². The Morgan fingerprint density at radius 3 is 1.46 bits per heavy atom. The molecule has 3 heterocycles. The van der Waals surface area contributed by atoms with E-state index in [4.69, 9.17) is 23.8 Å². The molecule has 5 aliphatic carbocycles. The smallest absolute Gasteiger partial charge is 0.164 e. The van der Waals surface area contributed by atoms with E-state index >= 15 is 0 Å². The van der Waals surface area contributed by atoms with Crippen LogP contribution in [0.3, 0.4) is 0 Å². The summed E-state index contributed by atoms with van der Waals surface area (Å²) in [5.74, 6) is 5.15. The predicted octanol–water partition coefficient (Wildman–Crippen LogP) is 12.4. The average Bonchev–Trinajstić information content (AvgIpc) is 3.87. The molecule has 0 N–H and O–H groups in total. The summed E-state index contributed by atoms with van der Waals surface area (Å²) in [4.78, 5) is 15.6. The van der Waals surface area contributed by atoms with Crippen molar-refractivity contribution >= 4 is 43.9 Å². The highest BCUT2D eigenvalue weighted by atomic mass is 16.3. The maximum Gasteiger partial charge on any atom is 0.164 e. The van der Waals surface area contributed by atoms with Crippen molar-refractivity contribution in [3.8, 4) is 45.3 Å². The van der Waals surface area contributed by atoms with E-state index in [0.717, 1.165) is 84.2 Å². The van der Waals surface area contributed by atoms with Crippen LogP contribution in [0.25, 0.3) is 89.2 Å². The van der Waals surface area contributed by atoms with Gasteiger partial charge in [0.05, 0.1) is 0 Å². The lowest BCUT2D eigenvalue weighted by Gasteiger charge is -2.61. The molecular weight excluding hydrogens is 663 g/mol. The van der Waals surface area contributed by atoms with E-state index in [9.17, 15) is 0 Å². The number of aromatic nitrogens is 3. The van der Waals surface area contributed by atoms with Gasteiger partial charge in [-0.05, 0) is 120 Å². The quantitative estimate of drug-likeness (QED) is 0.184. The van der Waals surface area contributed by atoms with Gasteiger partial charge in [0, 0.05) is 43.7 Å². The number of rotatable bonds is 3. The highest BCUT2D eigenvalue weighted by molar-refractivity contribution is 6.06. The zero-order valence-corrected chi connectivity index (χ0v) is 29.6. The third-order valence-corrected chi connectivity index (χ3v) is 13.7. The SMILES string of the molecule is c1ccc2c(c1)-c1cc(-c3nc(-c4ccc5c(c4)oc4ccccc45)nc(-c4ccc5c(c4)oc4ccccc45)n3)ccc1C21C2CC3CC(C2)CC1C3. The molecule has 0 aliphatic heterocycles. The summed E-state index contributed by atoms with van der Waals surface area (Å²) < 4.78 is 12.6. The molecular formula is C49H35N3O2. The van der Waals surface area contributed by atoms with Crippen LogP contribution in [0.15, 0.2) is 136 Å². The Labute approximate surface area is 311 Å². The van der Waals surface area contributed by atoms with Crippen molar-refractivity contribution in [1.29, 1.82) is 0 Å². The summed E-state index contributed by atoms with van der Waals surface area (Å²) in [5, 5.41) is 4.36. The molecule has 4 saturated carbocycles. The van der Waals surface area contributed by atoms with Crippen LogP contribution in [0.2, 0.25) is 0 Å². The zero-order valence-electron chi connectivity index (χ0n) is 29.6. The van der Waals surface area contributed by atoms with Crippen molar-refractivity contribution in [2.24, 2.45) is 23.7 Å². The van der Waals surface area contributed by atoms with Gasteiger partial charge < -0.3 is 8.83 Å². The fraction of sp³-hybridized carbons (Fsp3) is 0.204. The van der Waals surface area contributed by atoms with E-state index in [2.05, 4.69) is 103 Å². The Bertz CT molecular complexity index is 2880. The van der Waals surface area contributed by atoms with Gasteiger partial charge in [-0.15, -0.1) is 0 Å². The van der Waals surface area contributed by atoms with Crippen molar-refractivity contribution in [3.05, 3.63) is 139 Å². The van der Waals surface area contributed by atoms with Crippen molar-refractivity contribution in [2.75, 3.05) is 0 Å². The number of para-hydroxylation sites is 2. The minimum atomic E-state index is 0.122. The van der Waals surface area contributed by atoms with Crippen LogP contribution < -0.4 is 0 Å². The van der Waals surface area contributed by atoms with Crippen molar-refractivity contribution in [2.45, 2.75) is 37.5 Å². The van der Waals surface area contributed by atoms with Crippen LogP contribution in [0, 0.1) is 23.7 Å². The third kappa shape index (κ3) is 3.91. The summed E-state index contributed by atoms with van der Waals surface area (Å²) in [6.45, 7) is 0. The first-order valence-electron chi connectivity index (χ1n) is 19.5. The number of benzene rings is 6. The first kappa shape index (κ1) is 29.4. The second-order valence-electron chi connectivity index (χ2n) is 16.4. The third-order valence-electron chi connectivity index (χ3n) is 13.7. The fourth-order valence-corrected chi connectivity index (χ4v) is 11.8. The lowest BCUT2D eigenvalue weighted by Crippen LogP contribution is -2.55. The van der Waals surface area contributed by atoms with Gasteiger partial charge in [0.15, 0.2) is 17.5 Å². The maximum absolute atomic E-state index is 6.32. The van der Waals surface area contributed by atoms with Crippen molar-refractivity contribution in [3.63, 3.8) is 0 Å². The molecule has 9 aromatic rings. The van der Waals surface area contributed by atoms with Crippen LogP contribution in [0.5, 0.6) is 0 Å². The molecule has 1 spiro atoms. The summed E-state index contributed by atoms with van der Waals surface area (Å²) in [6, 6.07) is 45.3. The highest BCUT2D eigenvalue weighted by Crippen LogP contribution is 2.69. The monoisotopic (exact) mass is 697 g/mol. The first-order chi connectivity index (χ1) is 26.7. The molecule has 54 heavy (non-hydrogen) atoms. The van der Waals surface area contributed by atoms with E-state index in [1.807, 2.05) is 24.3 Å². The highest BCUT2D eigenvalue weighted by Gasteiger charge is 2.61. The summed E-state index contributed by atoms with van der Waals surface area (Å²) in [7, 11) is 0. The molecule has 0 unspecified atom stereocenters. The van der Waals surface area contributed by atoms with Gasteiger partial charge >= 0.3 is 0 Å². The Morgan fingerprint density at radius 2 is 0.870 bits per heavy atom. The van der Waals surface area contributed by atoms with E-state index < -0.39 is 0 Å². The van der Waals surface area contributed by atoms with Crippen LogP contribution >= 0.6 is 0 Å². The number of nitrogens with zero attached hydrogens (tertiary/aromatic N) is 3. The van der Waals surface area contributed by atoms with Crippen molar-refractivity contribution in [1.82, 2.24) is 15.0 Å². The first-order valence-corrected chi connectivity index (χ1v) is 19.5. The maximum atomic E-state index is 6.32. The number of hydrogen-bond donors (Lipinski definition) is 0. The van der Waals surface area contributed by atoms with E-state index in [1.54, 1.807) is 5.56 Å². The summed E-state index contributed by atoms with van der Waals surface area (Å²) in [6.07, 6.45) is 6.93. The second-order valence-corrected chi connectivity index (χ2v) is 16.4. The van der Waals surface area contributed by atoms with Crippen LogP contribution in [0.4, 0.5) is 0 Å².